The number of carbonyl (C=O) groups is 2. The minimum absolute atomic E-state index is 0.128. The number of nitrogens with one attached hydrogen (secondary N) is 2. The maximum Gasteiger partial charge on any atom is 0.271 e. The third kappa shape index (κ3) is 3.50. The van der Waals surface area contributed by atoms with E-state index in [0.29, 0.717) is 5.69 Å². The van der Waals surface area contributed by atoms with Gasteiger partial charge in [0.15, 0.2) is 11.6 Å². The Morgan fingerprint density at radius 1 is 0.967 bits per heavy atom. The molecule has 4 rings (SSSR count). The zero-order valence-electron chi connectivity index (χ0n) is 15.0. The average Bonchev–Trinajstić information content (AvgIpc) is 3.24. The summed E-state index contributed by atoms with van der Waals surface area (Å²) in [5.74, 6) is -5.60. The van der Waals surface area contributed by atoms with Crippen LogP contribution >= 0.6 is 0 Å². The number of fused-ring (bicyclic) bond motifs is 1. The van der Waals surface area contributed by atoms with E-state index in [4.69, 9.17) is 9.47 Å². The molecule has 0 saturated heterocycles. The first-order valence-electron chi connectivity index (χ1n) is 8.55. The van der Waals surface area contributed by atoms with Gasteiger partial charge in [0.2, 0.25) is 24.1 Å². The highest BCUT2D eigenvalue weighted by Crippen LogP contribution is 2.38. The van der Waals surface area contributed by atoms with E-state index in [2.05, 4.69) is 15.8 Å². The molecule has 0 bridgehead atoms. The molecule has 0 fully saturated rings. The van der Waals surface area contributed by atoms with Gasteiger partial charge in [-0.05, 0) is 42.5 Å². The van der Waals surface area contributed by atoms with Crippen molar-refractivity contribution in [3.63, 3.8) is 0 Å². The number of amides is 1. The Morgan fingerprint density at radius 2 is 1.73 bits per heavy atom. The first kappa shape index (κ1) is 19.2. The van der Waals surface area contributed by atoms with Crippen LogP contribution in [-0.4, -0.2) is 23.5 Å². The van der Waals surface area contributed by atoms with E-state index < -0.39 is 46.1 Å². The first-order chi connectivity index (χ1) is 14.5. The Labute approximate surface area is 167 Å². The van der Waals surface area contributed by atoms with E-state index in [0.717, 1.165) is 6.07 Å². The predicted molar refractivity (Wildman–Crippen MR) is 97.6 cm³/mol. The SMILES string of the molecule is O=C(NNc1ccc(F)cc1)c1cccnc1C(=O)c1cc2c(c(F)c1F)OCO2. The second-order valence-corrected chi connectivity index (χ2v) is 6.10. The molecule has 1 amide bonds. The van der Waals surface area contributed by atoms with Crippen molar-refractivity contribution in [3.8, 4) is 11.5 Å². The van der Waals surface area contributed by atoms with Crippen molar-refractivity contribution in [2.75, 3.05) is 12.2 Å². The van der Waals surface area contributed by atoms with Gasteiger partial charge in [-0.1, -0.05) is 0 Å². The molecule has 1 aromatic heterocycles. The Balaban J connectivity index is 1.62. The lowest BCUT2D eigenvalue weighted by Gasteiger charge is -2.11. The van der Waals surface area contributed by atoms with Crippen LogP contribution in [0.25, 0.3) is 0 Å². The molecule has 7 nitrogen and oxygen atoms in total. The Kier molecular flexibility index (Phi) is 4.97. The van der Waals surface area contributed by atoms with Crippen molar-refractivity contribution in [2.45, 2.75) is 0 Å². The average molecular weight is 415 g/mol. The summed E-state index contributed by atoms with van der Waals surface area (Å²) in [4.78, 5) is 29.2. The molecule has 0 aliphatic carbocycles. The molecule has 2 heterocycles. The number of halogens is 3. The number of ether oxygens (including phenoxy) is 2. The molecule has 0 unspecified atom stereocenters. The molecule has 0 spiro atoms. The van der Waals surface area contributed by atoms with E-state index in [1.165, 1.54) is 42.6 Å². The molecule has 10 heteroatoms. The summed E-state index contributed by atoms with van der Waals surface area (Å²) in [6.07, 6.45) is 1.23. The van der Waals surface area contributed by atoms with Crippen LogP contribution in [0.15, 0.2) is 48.7 Å². The predicted octanol–water partition coefficient (Wildman–Crippen LogP) is 3.22. The quantitative estimate of drug-likeness (QED) is 0.491. The Hall–Kier alpha value is -4.08. The van der Waals surface area contributed by atoms with Crippen molar-refractivity contribution >= 4 is 17.4 Å². The second-order valence-electron chi connectivity index (χ2n) is 6.10. The molecular formula is C20H12F3N3O4. The smallest absolute Gasteiger partial charge is 0.271 e. The highest BCUT2D eigenvalue weighted by atomic mass is 19.2. The molecule has 0 atom stereocenters. The fourth-order valence-corrected chi connectivity index (χ4v) is 2.77. The Morgan fingerprint density at radius 3 is 2.50 bits per heavy atom. The van der Waals surface area contributed by atoms with E-state index in [9.17, 15) is 22.8 Å². The van der Waals surface area contributed by atoms with Crippen LogP contribution in [0, 0.1) is 17.5 Å². The number of benzene rings is 2. The fraction of sp³-hybridized carbons (Fsp3) is 0.0500. The minimum Gasteiger partial charge on any atom is -0.453 e. The normalized spacial score (nSPS) is 11.8. The molecule has 1 aliphatic heterocycles. The van der Waals surface area contributed by atoms with Gasteiger partial charge in [-0.3, -0.25) is 25.4 Å². The minimum atomic E-state index is -1.44. The fourth-order valence-electron chi connectivity index (χ4n) is 2.77. The van der Waals surface area contributed by atoms with Gasteiger partial charge in [0.25, 0.3) is 5.91 Å². The number of aromatic nitrogens is 1. The van der Waals surface area contributed by atoms with Gasteiger partial charge in [-0.25, -0.2) is 8.78 Å². The summed E-state index contributed by atoms with van der Waals surface area (Å²) in [6.45, 7) is -0.310. The maximum atomic E-state index is 14.4. The van der Waals surface area contributed by atoms with Gasteiger partial charge in [0, 0.05) is 6.20 Å². The lowest BCUT2D eigenvalue weighted by Crippen LogP contribution is -2.31. The molecule has 30 heavy (non-hydrogen) atoms. The third-order valence-corrected chi connectivity index (χ3v) is 4.22. The van der Waals surface area contributed by atoms with Crippen LogP contribution < -0.4 is 20.3 Å². The summed E-state index contributed by atoms with van der Waals surface area (Å²) in [5.41, 5.74) is 4.03. The molecule has 2 N–H and O–H groups in total. The van der Waals surface area contributed by atoms with Crippen molar-refractivity contribution in [3.05, 3.63) is 82.9 Å². The molecule has 152 valence electrons. The van der Waals surface area contributed by atoms with Crippen LogP contribution in [0.2, 0.25) is 0 Å². The lowest BCUT2D eigenvalue weighted by molar-refractivity contribution is 0.0947. The summed E-state index contributed by atoms with van der Waals surface area (Å²) < 4.78 is 51.4. The summed E-state index contributed by atoms with van der Waals surface area (Å²) in [6, 6.07) is 8.83. The molecule has 3 aromatic rings. The topological polar surface area (TPSA) is 89.6 Å². The zero-order valence-corrected chi connectivity index (χ0v) is 15.0. The van der Waals surface area contributed by atoms with Gasteiger partial charge in [0.1, 0.15) is 11.5 Å². The second kappa shape index (κ2) is 7.74. The number of hydrogen-bond acceptors (Lipinski definition) is 6. The van der Waals surface area contributed by atoms with Gasteiger partial charge >= 0.3 is 0 Å². The van der Waals surface area contributed by atoms with Crippen molar-refractivity contribution in [1.29, 1.82) is 0 Å². The van der Waals surface area contributed by atoms with Crippen LogP contribution in [-0.2, 0) is 0 Å². The summed E-state index contributed by atoms with van der Waals surface area (Å²) in [7, 11) is 0. The zero-order chi connectivity index (χ0) is 21.3. The Bertz CT molecular complexity index is 1150. The highest BCUT2D eigenvalue weighted by Gasteiger charge is 2.30. The van der Waals surface area contributed by atoms with Gasteiger partial charge in [0.05, 0.1) is 16.8 Å². The standard InChI is InChI=1S/C20H12F3N3O4/c21-10-3-5-11(6-4-10)25-26-20(28)12-2-1-7-24-17(12)18(27)13-8-14-19(30-9-29-14)16(23)15(13)22/h1-8,25H,9H2,(H,26,28). The molecular weight excluding hydrogens is 403 g/mol. The number of ketones is 1. The molecule has 2 aromatic carbocycles. The number of carbonyl (C=O) groups excluding carboxylic acids is 2. The summed E-state index contributed by atoms with van der Waals surface area (Å²) >= 11 is 0. The third-order valence-electron chi connectivity index (χ3n) is 4.22. The van der Waals surface area contributed by atoms with E-state index in [-0.39, 0.29) is 18.1 Å². The number of hydrazine groups is 1. The lowest BCUT2D eigenvalue weighted by atomic mass is 10.0. The van der Waals surface area contributed by atoms with Gasteiger partial charge < -0.3 is 9.47 Å². The van der Waals surface area contributed by atoms with Crippen LogP contribution in [0.1, 0.15) is 26.4 Å². The van der Waals surface area contributed by atoms with E-state index in [1.807, 2.05) is 0 Å². The number of nitrogens with zero attached hydrogens (tertiary/aromatic N) is 1. The molecule has 0 radical (unpaired) electrons. The van der Waals surface area contributed by atoms with Crippen molar-refractivity contribution in [2.24, 2.45) is 0 Å². The maximum absolute atomic E-state index is 14.4. The number of rotatable bonds is 5. The highest BCUT2D eigenvalue weighted by molar-refractivity contribution is 6.14. The van der Waals surface area contributed by atoms with Crippen molar-refractivity contribution < 1.29 is 32.2 Å². The first-order valence-corrected chi connectivity index (χ1v) is 8.55. The van der Waals surface area contributed by atoms with Crippen LogP contribution in [0.3, 0.4) is 0 Å². The molecule has 1 aliphatic rings. The number of anilines is 1. The number of pyridine rings is 1. The van der Waals surface area contributed by atoms with Crippen molar-refractivity contribution in [1.82, 2.24) is 10.4 Å². The van der Waals surface area contributed by atoms with Gasteiger partial charge in [-0.15, -0.1) is 0 Å². The van der Waals surface area contributed by atoms with Crippen LogP contribution in [0.4, 0.5) is 18.9 Å². The largest absolute Gasteiger partial charge is 0.453 e. The molecule has 0 saturated carbocycles. The number of hydrogen-bond donors (Lipinski definition) is 2. The monoisotopic (exact) mass is 415 g/mol. The van der Waals surface area contributed by atoms with Crippen LogP contribution in [0.5, 0.6) is 11.5 Å². The summed E-state index contributed by atoms with van der Waals surface area (Å²) in [5, 5.41) is 0. The van der Waals surface area contributed by atoms with E-state index >= 15 is 0 Å². The van der Waals surface area contributed by atoms with E-state index in [1.54, 1.807) is 0 Å². The van der Waals surface area contributed by atoms with Gasteiger partial charge in [-0.2, -0.15) is 4.39 Å².